The van der Waals surface area contributed by atoms with Crippen molar-refractivity contribution < 1.29 is 0 Å². The van der Waals surface area contributed by atoms with Crippen LogP contribution in [0.3, 0.4) is 0 Å². The number of nitrogens with zero attached hydrogens (tertiary/aromatic N) is 3. The minimum Gasteiger partial charge on any atom is -0.337 e. The lowest BCUT2D eigenvalue weighted by Crippen LogP contribution is -1.79. The van der Waals surface area contributed by atoms with Crippen LogP contribution in [0.5, 0.6) is 0 Å². The van der Waals surface area contributed by atoms with Gasteiger partial charge in [-0.05, 0) is 46.8 Å². The molecule has 0 amide bonds. The van der Waals surface area contributed by atoms with Crippen LogP contribution in [-0.2, 0) is 0 Å². The fourth-order valence-electron chi connectivity index (χ4n) is 3.35. The number of thiophene rings is 1. The third kappa shape index (κ3) is 2.56. The van der Waals surface area contributed by atoms with Gasteiger partial charge in [0.25, 0.3) is 0 Å². The van der Waals surface area contributed by atoms with Crippen molar-refractivity contribution in [2.45, 2.75) is 0 Å². The molecule has 2 N–H and O–H groups in total. The highest BCUT2D eigenvalue weighted by Crippen LogP contribution is 2.30. The van der Waals surface area contributed by atoms with E-state index in [0.717, 1.165) is 54.7 Å². The number of hydrogen-bond donors (Lipinski definition) is 2. The van der Waals surface area contributed by atoms with E-state index in [0.29, 0.717) is 0 Å². The van der Waals surface area contributed by atoms with E-state index in [2.05, 4.69) is 61.7 Å². The standard InChI is InChI=1S/C21H13N5S2/c1-2-18(27-8-1)19-23-14-5-3-12(10-16(14)25-19)13-4-6-15-17(11-13)26-20(24-15)21-22-7-9-28-21/h1-11H,(H,23,25)(H,24,26). The minimum absolute atomic E-state index is 0.812. The van der Waals surface area contributed by atoms with Crippen LogP contribution in [0.4, 0.5) is 0 Å². The van der Waals surface area contributed by atoms with E-state index < -0.39 is 0 Å². The molecular formula is C21H13N5S2. The number of H-pyrrole nitrogens is 2. The molecule has 0 saturated carbocycles. The number of thiazole rings is 1. The summed E-state index contributed by atoms with van der Waals surface area (Å²) >= 11 is 3.26. The Hall–Kier alpha value is -3.29. The molecule has 0 saturated heterocycles. The van der Waals surface area contributed by atoms with Crippen molar-refractivity contribution in [3.05, 3.63) is 65.5 Å². The van der Waals surface area contributed by atoms with E-state index >= 15 is 0 Å². The second-order valence-corrected chi connectivity index (χ2v) is 8.29. The molecule has 5 nitrogen and oxygen atoms in total. The second kappa shape index (κ2) is 6.12. The second-order valence-electron chi connectivity index (χ2n) is 6.45. The van der Waals surface area contributed by atoms with Crippen LogP contribution in [0, 0.1) is 0 Å². The first kappa shape index (κ1) is 15.7. The first-order chi connectivity index (χ1) is 13.8. The van der Waals surface area contributed by atoms with E-state index in [1.807, 2.05) is 17.5 Å². The molecule has 0 radical (unpaired) electrons. The van der Waals surface area contributed by atoms with Gasteiger partial charge in [0.05, 0.1) is 26.9 Å². The van der Waals surface area contributed by atoms with Gasteiger partial charge in [0.1, 0.15) is 5.82 Å². The van der Waals surface area contributed by atoms with Crippen molar-refractivity contribution in [3.8, 4) is 32.7 Å². The quantitative estimate of drug-likeness (QED) is 0.386. The van der Waals surface area contributed by atoms with Crippen LogP contribution in [0.15, 0.2) is 65.5 Å². The zero-order chi connectivity index (χ0) is 18.5. The lowest BCUT2D eigenvalue weighted by Gasteiger charge is -2.01. The van der Waals surface area contributed by atoms with Crippen LogP contribution in [0.2, 0.25) is 0 Å². The molecule has 4 heterocycles. The maximum atomic E-state index is 4.70. The zero-order valence-electron chi connectivity index (χ0n) is 14.5. The van der Waals surface area contributed by atoms with Crippen molar-refractivity contribution >= 4 is 44.7 Å². The molecule has 0 fully saturated rings. The Kier molecular flexibility index (Phi) is 3.44. The van der Waals surface area contributed by atoms with E-state index in [-0.39, 0.29) is 0 Å². The van der Waals surface area contributed by atoms with Gasteiger partial charge < -0.3 is 9.97 Å². The number of rotatable bonds is 3. The molecule has 6 rings (SSSR count). The summed E-state index contributed by atoms with van der Waals surface area (Å²) < 4.78 is 0. The third-order valence-electron chi connectivity index (χ3n) is 4.69. The van der Waals surface area contributed by atoms with E-state index in [4.69, 9.17) is 4.98 Å². The highest BCUT2D eigenvalue weighted by Gasteiger charge is 2.10. The molecule has 0 aliphatic heterocycles. The van der Waals surface area contributed by atoms with Gasteiger partial charge in [0, 0.05) is 11.6 Å². The number of aromatic nitrogens is 5. The van der Waals surface area contributed by atoms with Gasteiger partial charge >= 0.3 is 0 Å². The van der Waals surface area contributed by atoms with Gasteiger partial charge in [-0.25, -0.2) is 15.0 Å². The molecule has 7 heteroatoms. The van der Waals surface area contributed by atoms with Crippen molar-refractivity contribution in [2.24, 2.45) is 0 Å². The monoisotopic (exact) mass is 399 g/mol. The summed E-state index contributed by atoms with van der Waals surface area (Å²) in [6, 6.07) is 16.7. The predicted molar refractivity (Wildman–Crippen MR) is 116 cm³/mol. The highest BCUT2D eigenvalue weighted by atomic mass is 32.1. The first-order valence-corrected chi connectivity index (χ1v) is 10.5. The van der Waals surface area contributed by atoms with Crippen LogP contribution >= 0.6 is 22.7 Å². The number of benzene rings is 2. The summed E-state index contributed by atoms with van der Waals surface area (Å²) in [7, 11) is 0. The average molecular weight is 400 g/mol. The summed E-state index contributed by atoms with van der Waals surface area (Å²) in [5, 5.41) is 4.92. The molecule has 0 unspecified atom stereocenters. The fourth-order valence-corrected chi connectivity index (χ4v) is 4.60. The molecule has 2 aromatic carbocycles. The maximum Gasteiger partial charge on any atom is 0.167 e. The van der Waals surface area contributed by atoms with Gasteiger partial charge in [-0.3, -0.25) is 0 Å². The molecular weight excluding hydrogens is 386 g/mol. The van der Waals surface area contributed by atoms with Gasteiger partial charge in [-0.15, -0.1) is 22.7 Å². The van der Waals surface area contributed by atoms with Gasteiger partial charge in [0.15, 0.2) is 10.8 Å². The van der Waals surface area contributed by atoms with Gasteiger partial charge in [0.2, 0.25) is 0 Å². The molecule has 0 bridgehead atoms. The Morgan fingerprint density at radius 2 is 1.43 bits per heavy atom. The third-order valence-corrected chi connectivity index (χ3v) is 6.34. The number of aromatic amines is 2. The van der Waals surface area contributed by atoms with Crippen LogP contribution in [-0.4, -0.2) is 24.9 Å². The minimum atomic E-state index is 0.812. The summed E-state index contributed by atoms with van der Waals surface area (Å²) in [6.45, 7) is 0. The topological polar surface area (TPSA) is 70.2 Å². The van der Waals surface area contributed by atoms with E-state index in [1.165, 1.54) is 0 Å². The molecule has 0 aliphatic rings. The average Bonchev–Trinajstić information content (AvgIpc) is 3.52. The van der Waals surface area contributed by atoms with Crippen molar-refractivity contribution in [1.29, 1.82) is 0 Å². The Morgan fingerprint density at radius 3 is 2.07 bits per heavy atom. The Bertz CT molecular complexity index is 1300. The zero-order valence-corrected chi connectivity index (χ0v) is 16.1. The lowest BCUT2D eigenvalue weighted by atomic mass is 10.0. The molecule has 6 aromatic rings. The molecule has 0 spiro atoms. The normalized spacial score (nSPS) is 11.6. The number of fused-ring (bicyclic) bond motifs is 2. The Labute approximate surface area is 167 Å². The van der Waals surface area contributed by atoms with Crippen LogP contribution < -0.4 is 0 Å². The first-order valence-electron chi connectivity index (χ1n) is 8.77. The number of hydrogen-bond acceptors (Lipinski definition) is 5. The van der Waals surface area contributed by atoms with Crippen molar-refractivity contribution in [1.82, 2.24) is 24.9 Å². The van der Waals surface area contributed by atoms with Crippen LogP contribution in [0.1, 0.15) is 0 Å². The molecule has 4 aromatic heterocycles. The smallest absolute Gasteiger partial charge is 0.167 e. The molecule has 0 atom stereocenters. The summed E-state index contributed by atoms with van der Waals surface area (Å²) in [5.74, 6) is 1.73. The Morgan fingerprint density at radius 1 is 0.714 bits per heavy atom. The van der Waals surface area contributed by atoms with Crippen molar-refractivity contribution in [2.75, 3.05) is 0 Å². The number of nitrogens with one attached hydrogen (secondary N) is 2. The predicted octanol–water partition coefficient (Wildman–Crippen LogP) is 5.96. The Balaban J connectivity index is 1.42. The number of imidazole rings is 2. The van der Waals surface area contributed by atoms with Gasteiger partial charge in [-0.2, -0.15) is 0 Å². The SMILES string of the molecule is c1csc(-c2nc3ccc(-c4ccc5nc(-c6nccs6)[nH]c5c4)cc3[nH]2)c1. The van der Waals surface area contributed by atoms with Crippen molar-refractivity contribution in [3.63, 3.8) is 0 Å². The lowest BCUT2D eigenvalue weighted by molar-refractivity contribution is 1.29. The van der Waals surface area contributed by atoms with Gasteiger partial charge in [-0.1, -0.05) is 18.2 Å². The summed E-state index contributed by atoms with van der Waals surface area (Å²) in [5.41, 5.74) is 6.23. The highest BCUT2D eigenvalue weighted by molar-refractivity contribution is 7.13. The maximum absolute atomic E-state index is 4.70. The fraction of sp³-hybridized carbons (Fsp3) is 0. The van der Waals surface area contributed by atoms with E-state index in [9.17, 15) is 0 Å². The van der Waals surface area contributed by atoms with E-state index in [1.54, 1.807) is 28.9 Å². The molecule has 28 heavy (non-hydrogen) atoms. The molecule has 134 valence electrons. The summed E-state index contributed by atoms with van der Waals surface area (Å²) in [6.07, 6.45) is 1.79. The van der Waals surface area contributed by atoms with Crippen LogP contribution in [0.25, 0.3) is 54.7 Å². The molecule has 0 aliphatic carbocycles. The largest absolute Gasteiger partial charge is 0.337 e. The summed E-state index contributed by atoms with van der Waals surface area (Å²) in [4.78, 5) is 21.7.